The van der Waals surface area contributed by atoms with Crippen LogP contribution in [0.4, 0.5) is 0 Å². The van der Waals surface area contributed by atoms with Crippen LogP contribution in [0.5, 0.6) is 0 Å². The van der Waals surface area contributed by atoms with Crippen LogP contribution in [0.15, 0.2) is 24.3 Å². The Labute approximate surface area is 90.9 Å². The first-order chi connectivity index (χ1) is 6.36. The van der Waals surface area contributed by atoms with E-state index in [-0.39, 0.29) is 0 Å². The predicted octanol–water partition coefficient (Wildman–Crippen LogP) is 3.09. The molecule has 0 fully saturated rings. The molecule has 0 unspecified atom stereocenters. The van der Waals surface area contributed by atoms with Crippen molar-refractivity contribution in [2.24, 2.45) is 0 Å². The molecule has 0 saturated carbocycles. The molecule has 0 aliphatic heterocycles. The zero-order chi connectivity index (χ0) is 9.52. The third-order valence-electron chi connectivity index (χ3n) is 2.50. The molecule has 1 rings (SSSR count). The quantitative estimate of drug-likeness (QED) is 0.468. The molecule has 0 spiro atoms. The van der Waals surface area contributed by atoms with E-state index in [9.17, 15) is 0 Å². The average Bonchev–Trinajstić information content (AvgIpc) is 2.19. The van der Waals surface area contributed by atoms with E-state index < -0.39 is 0 Å². The molecular formula is C12H17Li. The van der Waals surface area contributed by atoms with Gasteiger partial charge in [-0.25, -0.2) is 0 Å². The van der Waals surface area contributed by atoms with Crippen molar-refractivity contribution in [3.8, 4) is 0 Å². The topological polar surface area (TPSA) is 0 Å². The SMILES string of the molecule is [Li][CH2]c1ccc(CCCCC)cc1. The van der Waals surface area contributed by atoms with E-state index in [0.29, 0.717) is 0 Å². The molecule has 1 heteroatoms. The Morgan fingerprint density at radius 3 is 2.15 bits per heavy atom. The zero-order valence-electron chi connectivity index (χ0n) is 8.84. The van der Waals surface area contributed by atoms with Gasteiger partial charge in [-0.2, -0.15) is 0 Å². The summed E-state index contributed by atoms with van der Waals surface area (Å²) in [6.45, 7) is 2.25. The van der Waals surface area contributed by atoms with Crippen molar-refractivity contribution in [3.63, 3.8) is 0 Å². The zero-order valence-corrected chi connectivity index (χ0v) is 8.84. The molecule has 0 radical (unpaired) electrons. The van der Waals surface area contributed by atoms with E-state index in [0.717, 1.165) is 5.09 Å². The summed E-state index contributed by atoms with van der Waals surface area (Å²) in [6, 6.07) is 9.05. The van der Waals surface area contributed by atoms with Crippen LogP contribution < -0.4 is 0 Å². The molecule has 1 aromatic rings. The Morgan fingerprint density at radius 2 is 1.62 bits per heavy atom. The minimum absolute atomic E-state index is 1.15. The van der Waals surface area contributed by atoms with Crippen molar-refractivity contribution in [3.05, 3.63) is 35.4 Å². The van der Waals surface area contributed by atoms with Crippen LogP contribution in [-0.4, -0.2) is 17.7 Å². The van der Waals surface area contributed by atoms with Crippen molar-refractivity contribution in [2.75, 3.05) is 0 Å². The summed E-state index contributed by atoms with van der Waals surface area (Å²) in [7, 11) is 0. The normalized spacial score (nSPS) is 10.4. The van der Waals surface area contributed by atoms with Crippen LogP contribution in [0, 0.1) is 0 Å². The average molecular weight is 168 g/mol. The van der Waals surface area contributed by atoms with Gasteiger partial charge in [-0.1, -0.05) is 0 Å². The number of hydrogen-bond acceptors (Lipinski definition) is 0. The Hall–Kier alpha value is -0.183. The summed E-state index contributed by atoms with van der Waals surface area (Å²) in [4.78, 5) is 0. The van der Waals surface area contributed by atoms with Crippen molar-refractivity contribution in [1.82, 2.24) is 0 Å². The number of hydrogen-bond donors (Lipinski definition) is 0. The van der Waals surface area contributed by atoms with Crippen molar-refractivity contribution in [1.29, 1.82) is 0 Å². The van der Waals surface area contributed by atoms with Crippen molar-refractivity contribution < 1.29 is 0 Å². The summed E-state index contributed by atoms with van der Waals surface area (Å²) >= 11 is 2.20. The Morgan fingerprint density at radius 1 is 1.00 bits per heavy atom. The summed E-state index contributed by atoms with van der Waals surface area (Å²) in [5.74, 6) is 0. The first-order valence-corrected chi connectivity index (χ1v) is 5.44. The van der Waals surface area contributed by atoms with Gasteiger partial charge in [0.05, 0.1) is 0 Å². The predicted molar refractivity (Wildman–Crippen MR) is 59.1 cm³/mol. The standard InChI is InChI=1S/C12H17.Li/c1-3-4-5-6-12-9-7-11(2)8-10-12;/h7-10H,2-6H2,1H3;. The fraction of sp³-hybridized carbons (Fsp3) is 0.500. The second kappa shape index (κ2) is 6.30. The summed E-state index contributed by atoms with van der Waals surface area (Å²) in [6.07, 6.45) is 5.25. The van der Waals surface area contributed by atoms with Gasteiger partial charge in [-0.3, -0.25) is 0 Å². The van der Waals surface area contributed by atoms with E-state index in [4.69, 9.17) is 0 Å². The summed E-state index contributed by atoms with van der Waals surface area (Å²) in [5, 5.41) is 1.15. The van der Waals surface area contributed by atoms with E-state index in [1.807, 2.05) is 0 Å². The summed E-state index contributed by atoms with van der Waals surface area (Å²) < 4.78 is 0. The van der Waals surface area contributed by atoms with Crippen LogP contribution >= 0.6 is 0 Å². The van der Waals surface area contributed by atoms with E-state index in [1.54, 1.807) is 0 Å². The maximum atomic E-state index is 2.27. The van der Waals surface area contributed by atoms with Gasteiger partial charge in [0, 0.05) is 0 Å². The number of benzene rings is 1. The van der Waals surface area contributed by atoms with Gasteiger partial charge in [0.25, 0.3) is 0 Å². The third-order valence-corrected chi connectivity index (χ3v) is 2.50. The van der Waals surface area contributed by atoms with E-state index in [2.05, 4.69) is 48.9 Å². The molecule has 0 nitrogen and oxygen atoms in total. The third kappa shape index (κ3) is 4.03. The second-order valence-corrected chi connectivity index (χ2v) is 3.63. The number of aryl methyl sites for hydroxylation is 1. The van der Waals surface area contributed by atoms with Crippen molar-refractivity contribution >= 4 is 17.7 Å². The second-order valence-electron chi connectivity index (χ2n) is 3.63. The van der Waals surface area contributed by atoms with Crippen molar-refractivity contribution in [2.45, 2.75) is 37.7 Å². The van der Waals surface area contributed by atoms with Gasteiger partial charge >= 0.3 is 90.8 Å². The number of rotatable bonds is 5. The van der Waals surface area contributed by atoms with Gasteiger partial charge in [-0.15, -0.1) is 0 Å². The molecule has 66 valence electrons. The monoisotopic (exact) mass is 168 g/mol. The maximum absolute atomic E-state index is 2.27. The Balaban J connectivity index is 2.40. The molecule has 13 heavy (non-hydrogen) atoms. The molecular weight excluding hydrogens is 151 g/mol. The van der Waals surface area contributed by atoms with E-state index in [1.165, 1.54) is 36.8 Å². The van der Waals surface area contributed by atoms with Crippen LogP contribution in [0.2, 0.25) is 0 Å². The van der Waals surface area contributed by atoms with Crippen LogP contribution in [0.25, 0.3) is 0 Å². The molecule has 0 atom stereocenters. The van der Waals surface area contributed by atoms with Gasteiger partial charge in [0.15, 0.2) is 0 Å². The summed E-state index contributed by atoms with van der Waals surface area (Å²) in [5.41, 5.74) is 2.94. The van der Waals surface area contributed by atoms with Gasteiger partial charge in [0.2, 0.25) is 0 Å². The minimum atomic E-state index is 1.15. The first kappa shape index (κ1) is 10.9. The molecule has 1 aromatic carbocycles. The Kier molecular flexibility index (Phi) is 5.28. The molecule has 0 saturated heterocycles. The van der Waals surface area contributed by atoms with Gasteiger partial charge in [0.1, 0.15) is 0 Å². The molecule has 0 amide bonds. The first-order valence-electron chi connectivity index (χ1n) is 5.44. The van der Waals surface area contributed by atoms with Crippen LogP contribution in [0.1, 0.15) is 37.3 Å². The molecule has 0 aromatic heterocycles. The molecule has 0 N–H and O–H groups in total. The van der Waals surface area contributed by atoms with Crippen LogP contribution in [-0.2, 0) is 11.5 Å². The molecule has 0 aliphatic carbocycles. The fourth-order valence-electron chi connectivity index (χ4n) is 1.52. The molecule has 0 bridgehead atoms. The number of unbranched alkanes of at least 4 members (excludes halogenated alkanes) is 2. The van der Waals surface area contributed by atoms with E-state index >= 15 is 0 Å². The van der Waals surface area contributed by atoms with Gasteiger partial charge < -0.3 is 0 Å². The van der Waals surface area contributed by atoms with Crippen LogP contribution in [0.3, 0.4) is 0 Å². The fourth-order valence-corrected chi connectivity index (χ4v) is 1.52. The van der Waals surface area contributed by atoms with Gasteiger partial charge in [-0.05, 0) is 0 Å². The molecule has 0 aliphatic rings. The Bertz CT molecular complexity index is 225. The molecule has 0 heterocycles.